The first-order chi connectivity index (χ1) is 9.56. The van der Waals surface area contributed by atoms with Gasteiger partial charge in [0.15, 0.2) is 0 Å². The average Bonchev–Trinajstić information content (AvgIpc) is 2.84. The van der Waals surface area contributed by atoms with Crippen LogP contribution in [0.1, 0.15) is 23.0 Å². The highest BCUT2D eigenvalue weighted by Crippen LogP contribution is 2.33. The molecule has 0 fully saturated rings. The van der Waals surface area contributed by atoms with Crippen molar-refractivity contribution in [2.24, 2.45) is 0 Å². The Hall–Kier alpha value is -1.84. The van der Waals surface area contributed by atoms with Crippen molar-refractivity contribution < 1.29 is 13.9 Å². The Morgan fingerprint density at radius 2 is 2.00 bits per heavy atom. The molecule has 4 heteroatoms. The van der Waals surface area contributed by atoms with Crippen LogP contribution in [0.5, 0.6) is 0 Å². The Morgan fingerprint density at radius 3 is 2.80 bits per heavy atom. The Balaban J connectivity index is 2.08. The third-order valence-electron chi connectivity index (χ3n) is 3.24. The van der Waals surface area contributed by atoms with Gasteiger partial charge in [0.05, 0.1) is 5.02 Å². The molecular formula is C16H12ClFO2. The maximum atomic E-state index is 13.4. The second kappa shape index (κ2) is 4.93. The zero-order chi connectivity index (χ0) is 14.3. The molecular weight excluding hydrogens is 279 g/mol. The van der Waals surface area contributed by atoms with Gasteiger partial charge in [-0.15, -0.1) is 0 Å². The maximum Gasteiger partial charge on any atom is 0.142 e. The summed E-state index contributed by atoms with van der Waals surface area (Å²) in [5.41, 5.74) is 2.07. The van der Waals surface area contributed by atoms with Crippen LogP contribution >= 0.6 is 11.6 Å². The summed E-state index contributed by atoms with van der Waals surface area (Å²) in [6, 6.07) is 11.8. The average molecular weight is 291 g/mol. The van der Waals surface area contributed by atoms with Gasteiger partial charge in [0.25, 0.3) is 0 Å². The van der Waals surface area contributed by atoms with Crippen LogP contribution in [-0.2, 0) is 0 Å². The molecule has 2 aromatic carbocycles. The lowest BCUT2D eigenvalue weighted by molar-refractivity contribution is 0.192. The second-order valence-corrected chi connectivity index (χ2v) is 5.11. The fourth-order valence-corrected chi connectivity index (χ4v) is 2.43. The number of aliphatic hydroxyl groups is 1. The van der Waals surface area contributed by atoms with E-state index in [1.807, 2.05) is 25.1 Å². The van der Waals surface area contributed by atoms with Crippen LogP contribution in [-0.4, -0.2) is 5.11 Å². The molecule has 102 valence electrons. The molecule has 20 heavy (non-hydrogen) atoms. The highest BCUT2D eigenvalue weighted by Gasteiger charge is 2.20. The van der Waals surface area contributed by atoms with E-state index < -0.39 is 11.9 Å². The molecule has 0 aliphatic carbocycles. The Labute approximate surface area is 120 Å². The molecule has 3 rings (SSSR count). The van der Waals surface area contributed by atoms with E-state index in [2.05, 4.69) is 0 Å². The lowest BCUT2D eigenvalue weighted by atomic mass is 10.1. The summed E-state index contributed by atoms with van der Waals surface area (Å²) >= 11 is 5.89. The van der Waals surface area contributed by atoms with Crippen molar-refractivity contribution in [2.45, 2.75) is 13.0 Å². The van der Waals surface area contributed by atoms with Crippen molar-refractivity contribution in [1.82, 2.24) is 0 Å². The maximum absolute atomic E-state index is 13.4. The molecule has 0 bridgehead atoms. The van der Waals surface area contributed by atoms with Crippen LogP contribution in [0.15, 0.2) is 46.9 Å². The number of halogens is 2. The van der Waals surface area contributed by atoms with Gasteiger partial charge in [0.1, 0.15) is 23.3 Å². The van der Waals surface area contributed by atoms with Crippen LogP contribution in [0.2, 0.25) is 5.02 Å². The van der Waals surface area contributed by atoms with Crippen molar-refractivity contribution in [3.8, 4) is 0 Å². The van der Waals surface area contributed by atoms with E-state index in [0.29, 0.717) is 16.9 Å². The molecule has 1 heterocycles. The van der Waals surface area contributed by atoms with Crippen LogP contribution in [0.3, 0.4) is 0 Å². The zero-order valence-corrected chi connectivity index (χ0v) is 11.5. The second-order valence-electron chi connectivity index (χ2n) is 4.74. The third-order valence-corrected chi connectivity index (χ3v) is 3.64. The molecule has 0 radical (unpaired) electrons. The first-order valence-electron chi connectivity index (χ1n) is 6.18. The molecule has 3 aromatic rings. The number of aryl methyl sites for hydroxylation is 1. The summed E-state index contributed by atoms with van der Waals surface area (Å²) in [6.07, 6.45) is -1.09. The number of furan rings is 1. The highest BCUT2D eigenvalue weighted by molar-refractivity contribution is 6.31. The monoisotopic (exact) mass is 290 g/mol. The summed E-state index contributed by atoms with van der Waals surface area (Å²) in [6.45, 7) is 1.98. The normalized spacial score (nSPS) is 12.8. The Morgan fingerprint density at radius 1 is 1.20 bits per heavy atom. The standard InChI is InChI=1S/C16H12ClFO2/c1-9-5-6-13-10(7-9)8-14(20-13)16(19)11-3-2-4-12(18)15(11)17/h2-8,16,19H,1H3. The van der Waals surface area contributed by atoms with E-state index in [9.17, 15) is 9.50 Å². The van der Waals surface area contributed by atoms with Gasteiger partial charge in [0.2, 0.25) is 0 Å². The number of aliphatic hydroxyl groups excluding tert-OH is 1. The van der Waals surface area contributed by atoms with Gasteiger partial charge in [-0.25, -0.2) is 4.39 Å². The number of rotatable bonds is 2. The molecule has 0 saturated carbocycles. The summed E-state index contributed by atoms with van der Waals surface area (Å²) in [5.74, 6) is -0.215. The predicted molar refractivity (Wildman–Crippen MR) is 76.4 cm³/mol. The Kier molecular flexibility index (Phi) is 3.24. The van der Waals surface area contributed by atoms with Crippen molar-refractivity contribution in [1.29, 1.82) is 0 Å². The van der Waals surface area contributed by atoms with Gasteiger partial charge in [-0.2, -0.15) is 0 Å². The van der Waals surface area contributed by atoms with Gasteiger partial charge in [0, 0.05) is 10.9 Å². The molecule has 0 spiro atoms. The quantitative estimate of drug-likeness (QED) is 0.747. The zero-order valence-electron chi connectivity index (χ0n) is 10.7. The third kappa shape index (κ3) is 2.19. The largest absolute Gasteiger partial charge is 0.458 e. The van der Waals surface area contributed by atoms with Crippen molar-refractivity contribution in [2.75, 3.05) is 0 Å². The van der Waals surface area contributed by atoms with Crippen molar-refractivity contribution in [3.05, 3.63) is 70.2 Å². The minimum absolute atomic E-state index is 0.0864. The van der Waals surface area contributed by atoms with E-state index in [-0.39, 0.29) is 5.02 Å². The lowest BCUT2D eigenvalue weighted by Gasteiger charge is -2.10. The molecule has 2 nitrogen and oxygen atoms in total. The Bertz CT molecular complexity index is 779. The number of fused-ring (bicyclic) bond motifs is 1. The molecule has 1 atom stereocenters. The predicted octanol–water partition coefficient (Wildman–Crippen LogP) is 4.62. The minimum Gasteiger partial charge on any atom is -0.458 e. The van der Waals surface area contributed by atoms with E-state index in [1.165, 1.54) is 12.1 Å². The van der Waals surface area contributed by atoms with Gasteiger partial charge in [-0.1, -0.05) is 35.4 Å². The number of hydrogen-bond donors (Lipinski definition) is 1. The van der Waals surface area contributed by atoms with E-state index in [1.54, 1.807) is 12.1 Å². The lowest BCUT2D eigenvalue weighted by Crippen LogP contribution is -2.00. The summed E-state index contributed by atoms with van der Waals surface area (Å²) in [7, 11) is 0. The molecule has 0 aliphatic rings. The van der Waals surface area contributed by atoms with Crippen LogP contribution in [0.25, 0.3) is 11.0 Å². The van der Waals surface area contributed by atoms with Gasteiger partial charge < -0.3 is 9.52 Å². The molecule has 1 unspecified atom stereocenters. The van der Waals surface area contributed by atoms with E-state index in [4.69, 9.17) is 16.0 Å². The summed E-state index contributed by atoms with van der Waals surface area (Å²) in [4.78, 5) is 0. The highest BCUT2D eigenvalue weighted by atomic mass is 35.5. The first kappa shape index (κ1) is 13.2. The van der Waals surface area contributed by atoms with E-state index in [0.717, 1.165) is 10.9 Å². The van der Waals surface area contributed by atoms with Crippen LogP contribution in [0.4, 0.5) is 4.39 Å². The summed E-state index contributed by atoms with van der Waals surface area (Å²) in [5, 5.41) is 11.1. The number of hydrogen-bond acceptors (Lipinski definition) is 2. The molecule has 0 amide bonds. The fraction of sp³-hybridized carbons (Fsp3) is 0.125. The van der Waals surface area contributed by atoms with Crippen molar-refractivity contribution in [3.63, 3.8) is 0 Å². The minimum atomic E-state index is -1.09. The van der Waals surface area contributed by atoms with E-state index >= 15 is 0 Å². The number of benzene rings is 2. The van der Waals surface area contributed by atoms with Gasteiger partial charge in [-0.3, -0.25) is 0 Å². The molecule has 0 aliphatic heterocycles. The first-order valence-corrected chi connectivity index (χ1v) is 6.56. The van der Waals surface area contributed by atoms with Gasteiger partial charge in [-0.05, 0) is 31.2 Å². The smallest absolute Gasteiger partial charge is 0.142 e. The summed E-state index contributed by atoms with van der Waals surface area (Å²) < 4.78 is 19.0. The molecule has 1 N–H and O–H groups in total. The topological polar surface area (TPSA) is 33.4 Å². The SMILES string of the molecule is Cc1ccc2oc(C(O)c3cccc(F)c3Cl)cc2c1. The van der Waals surface area contributed by atoms with Crippen LogP contribution < -0.4 is 0 Å². The van der Waals surface area contributed by atoms with Crippen molar-refractivity contribution >= 4 is 22.6 Å². The molecule has 0 saturated heterocycles. The fourth-order valence-electron chi connectivity index (χ4n) is 2.20. The van der Waals surface area contributed by atoms with Crippen LogP contribution in [0, 0.1) is 12.7 Å². The molecule has 1 aromatic heterocycles. The van der Waals surface area contributed by atoms with Gasteiger partial charge >= 0.3 is 0 Å².